The fourth-order valence-electron chi connectivity index (χ4n) is 1.87. The van der Waals surface area contributed by atoms with E-state index in [0.717, 1.165) is 16.9 Å². The first-order chi connectivity index (χ1) is 8.63. The Kier molecular flexibility index (Phi) is 3.84. The van der Waals surface area contributed by atoms with Crippen molar-refractivity contribution in [2.75, 3.05) is 7.11 Å². The highest BCUT2D eigenvalue weighted by Crippen LogP contribution is 2.31. The highest BCUT2D eigenvalue weighted by molar-refractivity contribution is 6.31. The number of aromatic nitrogens is 1. The summed E-state index contributed by atoms with van der Waals surface area (Å²) in [6, 6.07) is 9.05. The Balaban J connectivity index is 2.48. The predicted molar refractivity (Wildman–Crippen MR) is 73.0 cm³/mol. The second-order valence-corrected chi connectivity index (χ2v) is 4.50. The van der Waals surface area contributed by atoms with Gasteiger partial charge in [0.25, 0.3) is 0 Å². The number of nitrogens with two attached hydrogens (primary N) is 1. The molecule has 0 spiro atoms. The van der Waals surface area contributed by atoms with Crippen molar-refractivity contribution in [3.63, 3.8) is 0 Å². The molecule has 1 heterocycles. The van der Waals surface area contributed by atoms with Gasteiger partial charge in [0.05, 0.1) is 23.9 Å². The first-order valence-corrected chi connectivity index (χ1v) is 6.02. The van der Waals surface area contributed by atoms with Crippen LogP contribution in [0, 0.1) is 6.92 Å². The highest BCUT2D eigenvalue weighted by Gasteiger charge is 2.17. The molecule has 0 aliphatic heterocycles. The summed E-state index contributed by atoms with van der Waals surface area (Å²) < 4.78 is 5.33. The van der Waals surface area contributed by atoms with Crippen molar-refractivity contribution in [3.05, 3.63) is 58.4 Å². The minimum Gasteiger partial charge on any atom is -0.496 e. The van der Waals surface area contributed by atoms with E-state index in [4.69, 9.17) is 22.1 Å². The maximum atomic E-state index is 6.24. The molecule has 2 N–H and O–H groups in total. The third-order valence-electron chi connectivity index (χ3n) is 2.80. The number of methoxy groups -OCH3 is 1. The molecule has 0 saturated heterocycles. The van der Waals surface area contributed by atoms with Gasteiger partial charge in [-0.3, -0.25) is 4.98 Å². The van der Waals surface area contributed by atoms with Crippen molar-refractivity contribution < 1.29 is 4.74 Å². The zero-order valence-electron chi connectivity index (χ0n) is 10.4. The molecule has 1 aromatic carbocycles. The Morgan fingerprint density at radius 1 is 1.33 bits per heavy atom. The van der Waals surface area contributed by atoms with Crippen LogP contribution in [0.25, 0.3) is 0 Å². The maximum Gasteiger partial charge on any atom is 0.124 e. The molecule has 0 amide bonds. The second kappa shape index (κ2) is 5.38. The predicted octanol–water partition coefficient (Wildman–Crippen LogP) is 3.10. The van der Waals surface area contributed by atoms with Crippen molar-refractivity contribution in [2.45, 2.75) is 13.0 Å². The zero-order chi connectivity index (χ0) is 13.1. The fourth-order valence-corrected chi connectivity index (χ4v) is 2.11. The lowest BCUT2D eigenvalue weighted by Crippen LogP contribution is -2.15. The Morgan fingerprint density at radius 3 is 2.78 bits per heavy atom. The van der Waals surface area contributed by atoms with Crippen molar-refractivity contribution in [1.29, 1.82) is 0 Å². The van der Waals surface area contributed by atoms with E-state index >= 15 is 0 Å². The van der Waals surface area contributed by atoms with Gasteiger partial charge in [0.1, 0.15) is 5.75 Å². The van der Waals surface area contributed by atoms with Crippen molar-refractivity contribution in [2.24, 2.45) is 5.73 Å². The van der Waals surface area contributed by atoms with Crippen LogP contribution in [-0.4, -0.2) is 12.1 Å². The largest absolute Gasteiger partial charge is 0.496 e. The lowest BCUT2D eigenvalue weighted by molar-refractivity contribution is 0.407. The van der Waals surface area contributed by atoms with Gasteiger partial charge < -0.3 is 10.5 Å². The molecular weight excluding hydrogens is 248 g/mol. The number of hydrogen-bond donors (Lipinski definition) is 1. The standard InChI is InChI=1S/C14H15ClN2O/c1-9-5-6-12(18-2)10(8-9)13(16)14-11(15)4-3-7-17-14/h3-8,13H,16H2,1-2H3. The minimum atomic E-state index is -0.395. The normalized spacial score (nSPS) is 12.2. The summed E-state index contributed by atoms with van der Waals surface area (Å²) in [5, 5.41) is 0.563. The number of hydrogen-bond acceptors (Lipinski definition) is 3. The number of rotatable bonds is 3. The average Bonchev–Trinajstić information content (AvgIpc) is 2.38. The van der Waals surface area contributed by atoms with E-state index in [1.165, 1.54) is 0 Å². The van der Waals surface area contributed by atoms with Crippen LogP contribution in [0.1, 0.15) is 22.9 Å². The summed E-state index contributed by atoms with van der Waals surface area (Å²) >= 11 is 6.12. The molecule has 1 unspecified atom stereocenters. The van der Waals surface area contributed by atoms with Gasteiger partial charge in [-0.2, -0.15) is 0 Å². The molecule has 2 aromatic rings. The molecule has 2 rings (SSSR count). The van der Waals surface area contributed by atoms with Gasteiger partial charge in [-0.05, 0) is 25.1 Å². The Hall–Kier alpha value is -1.58. The second-order valence-electron chi connectivity index (χ2n) is 4.09. The van der Waals surface area contributed by atoms with E-state index in [0.29, 0.717) is 10.7 Å². The van der Waals surface area contributed by atoms with Gasteiger partial charge in [0.15, 0.2) is 0 Å². The number of ether oxygens (including phenoxy) is 1. The third kappa shape index (κ3) is 2.47. The van der Waals surface area contributed by atoms with Gasteiger partial charge in [0.2, 0.25) is 0 Å². The lowest BCUT2D eigenvalue weighted by Gasteiger charge is -2.16. The minimum absolute atomic E-state index is 0.395. The van der Waals surface area contributed by atoms with E-state index in [1.807, 2.05) is 25.1 Å². The van der Waals surface area contributed by atoms with Crippen molar-refractivity contribution in [1.82, 2.24) is 4.98 Å². The topological polar surface area (TPSA) is 48.1 Å². The summed E-state index contributed by atoms with van der Waals surface area (Å²) in [5.74, 6) is 0.745. The van der Waals surface area contributed by atoms with Crippen LogP contribution in [0.5, 0.6) is 5.75 Å². The SMILES string of the molecule is COc1ccc(C)cc1C(N)c1ncccc1Cl. The molecular formula is C14H15ClN2O. The van der Waals surface area contributed by atoms with E-state index in [2.05, 4.69) is 4.98 Å². The summed E-state index contributed by atoms with van der Waals surface area (Å²) in [6.45, 7) is 2.01. The molecule has 0 aliphatic rings. The third-order valence-corrected chi connectivity index (χ3v) is 3.12. The Morgan fingerprint density at radius 2 is 2.11 bits per heavy atom. The molecule has 0 radical (unpaired) electrons. The van der Waals surface area contributed by atoms with Crippen LogP contribution in [0.4, 0.5) is 0 Å². The van der Waals surface area contributed by atoms with Crippen LogP contribution in [0.2, 0.25) is 5.02 Å². The number of pyridine rings is 1. The molecule has 4 heteroatoms. The lowest BCUT2D eigenvalue weighted by atomic mass is 10.0. The molecule has 1 aromatic heterocycles. The molecule has 1 atom stereocenters. The smallest absolute Gasteiger partial charge is 0.124 e. The zero-order valence-corrected chi connectivity index (χ0v) is 11.1. The molecule has 0 saturated carbocycles. The van der Waals surface area contributed by atoms with Crippen molar-refractivity contribution in [3.8, 4) is 5.75 Å². The van der Waals surface area contributed by atoms with Crippen molar-refractivity contribution >= 4 is 11.6 Å². The maximum absolute atomic E-state index is 6.24. The number of aryl methyl sites for hydroxylation is 1. The molecule has 0 bridgehead atoms. The van der Waals surface area contributed by atoms with Crippen LogP contribution in [0.15, 0.2) is 36.5 Å². The van der Waals surface area contributed by atoms with Crippen LogP contribution in [-0.2, 0) is 0 Å². The first-order valence-electron chi connectivity index (χ1n) is 5.64. The van der Waals surface area contributed by atoms with Gasteiger partial charge in [0, 0.05) is 11.8 Å². The van der Waals surface area contributed by atoms with E-state index in [-0.39, 0.29) is 0 Å². The Bertz CT molecular complexity index is 557. The summed E-state index contributed by atoms with van der Waals surface area (Å²) in [4.78, 5) is 4.25. The van der Waals surface area contributed by atoms with Crippen LogP contribution in [0.3, 0.4) is 0 Å². The summed E-state index contributed by atoms with van der Waals surface area (Å²) in [5.41, 5.74) is 8.90. The Labute approximate surface area is 112 Å². The number of nitrogens with zero attached hydrogens (tertiary/aromatic N) is 1. The molecule has 3 nitrogen and oxygen atoms in total. The van der Waals surface area contributed by atoms with Crippen LogP contribution < -0.4 is 10.5 Å². The highest BCUT2D eigenvalue weighted by atomic mass is 35.5. The number of halogens is 1. The quantitative estimate of drug-likeness (QED) is 0.925. The molecule has 18 heavy (non-hydrogen) atoms. The summed E-state index contributed by atoms with van der Waals surface area (Å²) in [6.07, 6.45) is 1.68. The van der Waals surface area contributed by atoms with Gasteiger partial charge in [-0.25, -0.2) is 0 Å². The van der Waals surface area contributed by atoms with Gasteiger partial charge in [-0.1, -0.05) is 29.3 Å². The van der Waals surface area contributed by atoms with Crippen LogP contribution >= 0.6 is 11.6 Å². The van der Waals surface area contributed by atoms with E-state index < -0.39 is 6.04 Å². The average molecular weight is 263 g/mol. The first kappa shape index (κ1) is 12.9. The number of benzene rings is 1. The molecule has 0 aliphatic carbocycles. The monoisotopic (exact) mass is 262 g/mol. The van der Waals surface area contributed by atoms with E-state index in [9.17, 15) is 0 Å². The van der Waals surface area contributed by atoms with Gasteiger partial charge >= 0.3 is 0 Å². The molecule has 0 fully saturated rings. The van der Waals surface area contributed by atoms with Gasteiger partial charge in [-0.15, -0.1) is 0 Å². The fraction of sp³-hybridized carbons (Fsp3) is 0.214. The van der Waals surface area contributed by atoms with E-state index in [1.54, 1.807) is 25.4 Å². The molecule has 94 valence electrons. The summed E-state index contributed by atoms with van der Waals surface area (Å²) in [7, 11) is 1.63.